The molecule has 0 aliphatic rings. The van der Waals surface area contributed by atoms with E-state index >= 15 is 0 Å². The van der Waals surface area contributed by atoms with Crippen molar-refractivity contribution in [3.05, 3.63) is 52.5 Å². The summed E-state index contributed by atoms with van der Waals surface area (Å²) in [5.74, 6) is 0.775. The van der Waals surface area contributed by atoms with Crippen LogP contribution in [0.5, 0.6) is 5.75 Å². The average Bonchev–Trinajstić information content (AvgIpc) is 2.48. The molecule has 3 N–H and O–H groups in total. The molecule has 0 fully saturated rings. The van der Waals surface area contributed by atoms with Gasteiger partial charge in [-0.2, -0.15) is 5.26 Å². The number of anilines is 2. The molecule has 2 aromatic rings. The number of nitrogens with zero attached hydrogens (tertiary/aromatic N) is 1. The van der Waals surface area contributed by atoms with Crippen molar-refractivity contribution in [1.82, 2.24) is 0 Å². The molecule has 4 nitrogen and oxygen atoms in total. The molecular formula is C15H14BrN3O. The number of nitrogens with one attached hydrogen (secondary N) is 1. The first-order valence-corrected chi connectivity index (χ1v) is 6.92. The summed E-state index contributed by atoms with van der Waals surface area (Å²) in [6, 6.07) is 15.2. The lowest BCUT2D eigenvalue weighted by Gasteiger charge is -2.10. The van der Waals surface area contributed by atoms with Crippen molar-refractivity contribution in [2.75, 3.05) is 18.5 Å². The number of rotatable bonds is 5. The van der Waals surface area contributed by atoms with Gasteiger partial charge in [0, 0.05) is 16.7 Å². The molecule has 0 unspecified atom stereocenters. The Morgan fingerprint density at radius 1 is 1.20 bits per heavy atom. The third-order valence-electron chi connectivity index (χ3n) is 2.62. The van der Waals surface area contributed by atoms with E-state index in [1.165, 1.54) is 0 Å². The molecule has 20 heavy (non-hydrogen) atoms. The van der Waals surface area contributed by atoms with E-state index < -0.39 is 0 Å². The molecule has 0 atom stereocenters. The number of halogens is 1. The van der Waals surface area contributed by atoms with Crippen molar-refractivity contribution in [3.63, 3.8) is 0 Å². The zero-order valence-corrected chi connectivity index (χ0v) is 12.4. The minimum atomic E-state index is 0.490. The number of nitrogens with two attached hydrogens (primary N) is 1. The van der Waals surface area contributed by atoms with Crippen LogP contribution in [-0.4, -0.2) is 13.2 Å². The number of ether oxygens (including phenoxy) is 1. The Bertz CT molecular complexity index is 620. The zero-order valence-electron chi connectivity index (χ0n) is 10.8. The molecule has 0 bridgehead atoms. The van der Waals surface area contributed by atoms with Crippen LogP contribution in [-0.2, 0) is 0 Å². The van der Waals surface area contributed by atoms with Crippen LogP contribution in [0.25, 0.3) is 0 Å². The quantitative estimate of drug-likeness (QED) is 0.880. The monoisotopic (exact) mass is 331 g/mol. The molecule has 0 aromatic heterocycles. The van der Waals surface area contributed by atoms with Crippen LogP contribution in [0, 0.1) is 11.3 Å². The summed E-state index contributed by atoms with van der Waals surface area (Å²) in [6.45, 7) is 0.989. The van der Waals surface area contributed by atoms with Crippen molar-refractivity contribution in [1.29, 1.82) is 5.26 Å². The second-order valence-corrected chi connectivity index (χ2v) is 5.00. The molecule has 5 heteroatoms. The third kappa shape index (κ3) is 3.73. The van der Waals surface area contributed by atoms with Gasteiger partial charge in [-0.15, -0.1) is 0 Å². The standard InChI is InChI=1S/C15H14BrN3O/c16-12-1-6-15(11(9-12)10-18)19-13-2-4-14(5-3-13)20-8-7-17/h1-6,9,19H,7-8,17H2. The van der Waals surface area contributed by atoms with Crippen LogP contribution >= 0.6 is 15.9 Å². The van der Waals surface area contributed by atoms with E-state index in [4.69, 9.17) is 15.7 Å². The highest BCUT2D eigenvalue weighted by atomic mass is 79.9. The fourth-order valence-corrected chi connectivity index (χ4v) is 2.05. The molecule has 0 saturated carbocycles. The third-order valence-corrected chi connectivity index (χ3v) is 3.12. The molecule has 102 valence electrons. The van der Waals surface area contributed by atoms with Gasteiger partial charge in [-0.1, -0.05) is 15.9 Å². The maximum Gasteiger partial charge on any atom is 0.119 e. The van der Waals surface area contributed by atoms with Crippen LogP contribution in [0.2, 0.25) is 0 Å². The summed E-state index contributed by atoms with van der Waals surface area (Å²) in [5.41, 5.74) is 7.63. The minimum absolute atomic E-state index is 0.490. The highest BCUT2D eigenvalue weighted by Gasteiger charge is 2.03. The number of nitriles is 1. The van der Waals surface area contributed by atoms with Gasteiger partial charge in [-0.25, -0.2) is 0 Å². The molecule has 0 aliphatic heterocycles. The Balaban J connectivity index is 2.12. The highest BCUT2D eigenvalue weighted by molar-refractivity contribution is 9.10. The van der Waals surface area contributed by atoms with Crippen molar-refractivity contribution >= 4 is 27.3 Å². The zero-order chi connectivity index (χ0) is 14.4. The average molecular weight is 332 g/mol. The Kier molecular flexibility index (Phi) is 4.99. The lowest BCUT2D eigenvalue weighted by atomic mass is 10.2. The SMILES string of the molecule is N#Cc1cc(Br)ccc1Nc1ccc(OCCN)cc1. The van der Waals surface area contributed by atoms with Gasteiger partial charge in [0.25, 0.3) is 0 Å². The second kappa shape index (κ2) is 6.94. The van der Waals surface area contributed by atoms with Crippen molar-refractivity contribution in [3.8, 4) is 11.8 Å². The van der Waals surface area contributed by atoms with Crippen molar-refractivity contribution < 1.29 is 4.74 Å². The van der Waals surface area contributed by atoms with Crippen LogP contribution in [0.15, 0.2) is 46.9 Å². The molecule has 0 aliphatic carbocycles. The first-order chi connectivity index (χ1) is 9.72. The van der Waals surface area contributed by atoms with Crippen LogP contribution in [0.4, 0.5) is 11.4 Å². The lowest BCUT2D eigenvalue weighted by molar-refractivity contribution is 0.328. The lowest BCUT2D eigenvalue weighted by Crippen LogP contribution is -2.10. The second-order valence-electron chi connectivity index (χ2n) is 4.09. The Morgan fingerprint density at radius 3 is 2.60 bits per heavy atom. The number of hydrogen-bond donors (Lipinski definition) is 2. The van der Waals surface area contributed by atoms with E-state index in [1.807, 2.05) is 36.4 Å². The van der Waals surface area contributed by atoms with E-state index in [2.05, 4.69) is 27.3 Å². The Hall–Kier alpha value is -2.03. The Morgan fingerprint density at radius 2 is 1.95 bits per heavy atom. The van der Waals surface area contributed by atoms with Crippen LogP contribution in [0.1, 0.15) is 5.56 Å². The topological polar surface area (TPSA) is 71.1 Å². The van der Waals surface area contributed by atoms with Gasteiger partial charge in [-0.05, 0) is 42.5 Å². The van der Waals surface area contributed by atoms with Gasteiger partial charge < -0.3 is 15.8 Å². The fourth-order valence-electron chi connectivity index (χ4n) is 1.68. The Labute approximate surface area is 126 Å². The molecule has 0 spiro atoms. The molecule has 0 radical (unpaired) electrons. The fraction of sp³-hybridized carbons (Fsp3) is 0.133. The predicted molar refractivity (Wildman–Crippen MR) is 83.1 cm³/mol. The van der Waals surface area contributed by atoms with Crippen molar-refractivity contribution in [2.45, 2.75) is 0 Å². The smallest absolute Gasteiger partial charge is 0.119 e. The molecule has 2 aromatic carbocycles. The largest absolute Gasteiger partial charge is 0.492 e. The molecular weight excluding hydrogens is 318 g/mol. The van der Waals surface area contributed by atoms with Gasteiger partial charge in [0.1, 0.15) is 18.4 Å². The maximum absolute atomic E-state index is 9.12. The van der Waals surface area contributed by atoms with Gasteiger partial charge in [0.05, 0.1) is 11.3 Å². The van der Waals surface area contributed by atoms with Gasteiger partial charge >= 0.3 is 0 Å². The number of hydrogen-bond acceptors (Lipinski definition) is 4. The van der Waals surface area contributed by atoms with Crippen LogP contribution < -0.4 is 15.8 Å². The summed E-state index contributed by atoms with van der Waals surface area (Å²) in [4.78, 5) is 0. The minimum Gasteiger partial charge on any atom is -0.492 e. The molecule has 0 amide bonds. The number of benzene rings is 2. The van der Waals surface area contributed by atoms with E-state index in [0.29, 0.717) is 18.7 Å². The first kappa shape index (κ1) is 14.4. The highest BCUT2D eigenvalue weighted by Crippen LogP contribution is 2.25. The first-order valence-electron chi connectivity index (χ1n) is 6.12. The van der Waals surface area contributed by atoms with E-state index in [9.17, 15) is 0 Å². The summed E-state index contributed by atoms with van der Waals surface area (Å²) < 4.78 is 6.29. The van der Waals surface area contributed by atoms with Gasteiger partial charge in [0.2, 0.25) is 0 Å². The van der Waals surface area contributed by atoms with Gasteiger partial charge in [-0.3, -0.25) is 0 Å². The molecule has 0 heterocycles. The normalized spacial score (nSPS) is 9.85. The predicted octanol–water partition coefficient (Wildman–Crippen LogP) is 3.40. The van der Waals surface area contributed by atoms with E-state index in [1.54, 1.807) is 6.07 Å². The van der Waals surface area contributed by atoms with E-state index in [0.717, 1.165) is 21.6 Å². The summed E-state index contributed by atoms with van der Waals surface area (Å²) in [5, 5.41) is 12.3. The van der Waals surface area contributed by atoms with E-state index in [-0.39, 0.29) is 0 Å². The van der Waals surface area contributed by atoms with Crippen LogP contribution in [0.3, 0.4) is 0 Å². The molecule has 2 rings (SSSR count). The van der Waals surface area contributed by atoms with Crippen molar-refractivity contribution in [2.24, 2.45) is 5.73 Å². The summed E-state index contributed by atoms with van der Waals surface area (Å²) in [7, 11) is 0. The molecule has 0 saturated heterocycles. The summed E-state index contributed by atoms with van der Waals surface area (Å²) in [6.07, 6.45) is 0. The maximum atomic E-state index is 9.12. The van der Waals surface area contributed by atoms with Gasteiger partial charge in [0.15, 0.2) is 0 Å². The summed E-state index contributed by atoms with van der Waals surface area (Å²) >= 11 is 3.35.